The van der Waals surface area contributed by atoms with Gasteiger partial charge in [-0.2, -0.15) is 0 Å². The number of rotatable bonds is 2. The number of amides is 2. The van der Waals surface area contributed by atoms with Crippen molar-refractivity contribution in [3.05, 3.63) is 16.1 Å². The van der Waals surface area contributed by atoms with Crippen LogP contribution >= 0.6 is 11.3 Å². The van der Waals surface area contributed by atoms with E-state index in [9.17, 15) is 9.90 Å². The van der Waals surface area contributed by atoms with Crippen LogP contribution in [0.5, 0.6) is 0 Å². The summed E-state index contributed by atoms with van der Waals surface area (Å²) in [6, 6.07) is -0.214. The number of thiazole rings is 1. The molecule has 1 aromatic rings. The largest absolute Gasteiger partial charge is 0.391 e. The molecule has 1 aliphatic rings. The zero-order chi connectivity index (χ0) is 14.0. The van der Waals surface area contributed by atoms with Crippen molar-refractivity contribution in [1.82, 2.24) is 15.2 Å². The van der Waals surface area contributed by atoms with Gasteiger partial charge in [-0.1, -0.05) is 6.92 Å². The lowest BCUT2D eigenvalue weighted by atomic mass is 9.96. The first kappa shape index (κ1) is 14.3. The fourth-order valence-corrected chi connectivity index (χ4v) is 2.95. The van der Waals surface area contributed by atoms with Gasteiger partial charge in [0.15, 0.2) is 0 Å². The van der Waals surface area contributed by atoms with Crippen LogP contribution in [0.4, 0.5) is 4.79 Å². The van der Waals surface area contributed by atoms with E-state index in [4.69, 9.17) is 0 Å². The van der Waals surface area contributed by atoms with Crippen LogP contribution in [-0.2, 0) is 0 Å². The number of β-amino-alcohol motifs (C(OH)–C–C–N with tert-alkyl or cyclic N) is 1. The van der Waals surface area contributed by atoms with Crippen LogP contribution in [0.25, 0.3) is 0 Å². The number of nitrogens with one attached hydrogen (secondary N) is 1. The van der Waals surface area contributed by atoms with Crippen LogP contribution in [0.15, 0.2) is 5.38 Å². The van der Waals surface area contributed by atoms with E-state index in [1.807, 2.05) is 26.2 Å². The summed E-state index contributed by atoms with van der Waals surface area (Å²) < 4.78 is 0. The molecule has 2 rings (SSSR count). The number of carbonyl (C=O) groups excluding carboxylic acids is 1. The topological polar surface area (TPSA) is 65.5 Å². The summed E-state index contributed by atoms with van der Waals surface area (Å²) in [4.78, 5) is 18.2. The first-order valence-electron chi connectivity index (χ1n) is 6.63. The predicted octanol–water partition coefficient (Wildman–Crippen LogP) is 1.92. The third-order valence-corrected chi connectivity index (χ3v) is 4.70. The third kappa shape index (κ3) is 3.45. The van der Waals surface area contributed by atoms with E-state index >= 15 is 0 Å². The Labute approximate surface area is 117 Å². The molecule has 2 heterocycles. The van der Waals surface area contributed by atoms with Gasteiger partial charge in [-0.15, -0.1) is 11.3 Å². The van der Waals surface area contributed by atoms with Crippen molar-refractivity contribution in [3.8, 4) is 0 Å². The maximum Gasteiger partial charge on any atom is 0.318 e. The number of hydrogen-bond acceptors (Lipinski definition) is 4. The van der Waals surface area contributed by atoms with Gasteiger partial charge in [-0.25, -0.2) is 9.78 Å². The summed E-state index contributed by atoms with van der Waals surface area (Å²) in [5.41, 5.74) is 0.975. The number of aliphatic hydroxyl groups excluding tert-OH is 1. The van der Waals surface area contributed by atoms with Crippen molar-refractivity contribution in [2.45, 2.75) is 39.3 Å². The molecule has 19 heavy (non-hydrogen) atoms. The Bertz CT molecular complexity index is 449. The minimum absolute atomic E-state index is 0.0947. The molecule has 106 valence electrons. The van der Waals surface area contributed by atoms with Crippen molar-refractivity contribution in [2.75, 3.05) is 13.1 Å². The van der Waals surface area contributed by atoms with Gasteiger partial charge < -0.3 is 15.3 Å². The standard InChI is InChI=1S/C13H21N3O2S/c1-8-4-5-16(6-11(8)17)13(18)15-10(3)12-14-9(2)7-19-12/h7-8,10-11,17H,4-6H2,1-3H3,(H,15,18). The van der Waals surface area contributed by atoms with Gasteiger partial charge in [0.2, 0.25) is 0 Å². The number of piperidine rings is 1. The lowest BCUT2D eigenvalue weighted by molar-refractivity contribution is 0.0431. The zero-order valence-corrected chi connectivity index (χ0v) is 12.4. The molecule has 0 aromatic carbocycles. The van der Waals surface area contributed by atoms with Crippen molar-refractivity contribution in [3.63, 3.8) is 0 Å². The molecule has 0 radical (unpaired) electrons. The number of carbonyl (C=O) groups is 1. The molecular formula is C13H21N3O2S. The van der Waals surface area contributed by atoms with Crippen LogP contribution in [-0.4, -0.2) is 40.2 Å². The summed E-state index contributed by atoms with van der Waals surface area (Å²) in [5, 5.41) is 15.6. The predicted molar refractivity (Wildman–Crippen MR) is 75.2 cm³/mol. The van der Waals surface area contributed by atoms with Gasteiger partial charge >= 0.3 is 6.03 Å². The maximum absolute atomic E-state index is 12.1. The van der Waals surface area contributed by atoms with E-state index in [0.717, 1.165) is 17.1 Å². The Morgan fingerprint density at radius 3 is 3.00 bits per heavy atom. The molecule has 0 saturated carbocycles. The molecule has 3 unspecified atom stereocenters. The average Bonchev–Trinajstić information content (AvgIpc) is 2.79. The van der Waals surface area contributed by atoms with E-state index in [1.54, 1.807) is 16.2 Å². The van der Waals surface area contributed by atoms with Gasteiger partial charge in [0, 0.05) is 24.2 Å². The molecule has 0 spiro atoms. The molecule has 3 atom stereocenters. The van der Waals surface area contributed by atoms with Gasteiger partial charge in [-0.3, -0.25) is 0 Å². The highest BCUT2D eigenvalue weighted by Crippen LogP contribution is 2.20. The highest BCUT2D eigenvalue weighted by molar-refractivity contribution is 7.09. The minimum Gasteiger partial charge on any atom is -0.391 e. The second-order valence-electron chi connectivity index (χ2n) is 5.28. The Balaban J connectivity index is 1.90. The summed E-state index contributed by atoms with van der Waals surface area (Å²) in [7, 11) is 0. The first-order chi connectivity index (χ1) is 8.97. The molecule has 5 nitrogen and oxygen atoms in total. The third-order valence-electron chi connectivity index (χ3n) is 3.55. The highest BCUT2D eigenvalue weighted by Gasteiger charge is 2.28. The van der Waals surface area contributed by atoms with Crippen molar-refractivity contribution < 1.29 is 9.90 Å². The summed E-state index contributed by atoms with van der Waals surface area (Å²) >= 11 is 1.55. The quantitative estimate of drug-likeness (QED) is 0.871. The van der Waals surface area contributed by atoms with Crippen molar-refractivity contribution >= 4 is 17.4 Å². The molecule has 0 aliphatic carbocycles. The minimum atomic E-state index is -0.420. The molecular weight excluding hydrogens is 262 g/mol. The summed E-state index contributed by atoms with van der Waals surface area (Å²) in [5.74, 6) is 0.267. The molecule has 2 amide bonds. The molecule has 1 saturated heterocycles. The molecule has 1 aliphatic heterocycles. The number of aromatic nitrogens is 1. The Hall–Kier alpha value is -1.14. The van der Waals surface area contributed by atoms with Crippen LogP contribution in [0.1, 0.15) is 37.0 Å². The highest BCUT2D eigenvalue weighted by atomic mass is 32.1. The Kier molecular flexibility index (Phi) is 4.42. The van der Waals surface area contributed by atoms with E-state index in [-0.39, 0.29) is 18.0 Å². The van der Waals surface area contributed by atoms with E-state index in [1.165, 1.54) is 0 Å². The molecule has 2 N–H and O–H groups in total. The number of likely N-dealkylation sites (tertiary alicyclic amines) is 1. The van der Waals surface area contributed by atoms with Crippen molar-refractivity contribution in [2.24, 2.45) is 5.92 Å². The molecule has 6 heteroatoms. The fraction of sp³-hybridized carbons (Fsp3) is 0.692. The fourth-order valence-electron chi connectivity index (χ4n) is 2.14. The monoisotopic (exact) mass is 283 g/mol. The van der Waals surface area contributed by atoms with Gasteiger partial charge in [0.05, 0.1) is 12.1 Å². The van der Waals surface area contributed by atoms with Crippen LogP contribution in [0.3, 0.4) is 0 Å². The lowest BCUT2D eigenvalue weighted by Crippen LogP contribution is -2.50. The summed E-state index contributed by atoms with van der Waals surface area (Å²) in [6.07, 6.45) is 0.427. The number of aliphatic hydroxyl groups is 1. The van der Waals surface area contributed by atoms with Gasteiger partial charge in [-0.05, 0) is 26.2 Å². The normalized spacial score (nSPS) is 25.2. The molecule has 0 bridgehead atoms. The Morgan fingerprint density at radius 2 is 2.42 bits per heavy atom. The second-order valence-corrected chi connectivity index (χ2v) is 6.17. The SMILES string of the molecule is Cc1csc(C(C)NC(=O)N2CCC(C)C(O)C2)n1. The first-order valence-corrected chi connectivity index (χ1v) is 7.51. The molecule has 1 aromatic heterocycles. The number of hydrogen-bond donors (Lipinski definition) is 2. The number of aryl methyl sites for hydroxylation is 1. The van der Waals surface area contributed by atoms with Gasteiger partial charge in [0.25, 0.3) is 0 Å². The summed E-state index contributed by atoms with van der Waals surface area (Å²) in [6.45, 7) is 7.00. The van der Waals surface area contributed by atoms with E-state index < -0.39 is 6.10 Å². The van der Waals surface area contributed by atoms with Crippen LogP contribution < -0.4 is 5.32 Å². The second kappa shape index (κ2) is 5.88. The maximum atomic E-state index is 12.1. The average molecular weight is 283 g/mol. The molecule has 1 fully saturated rings. The smallest absolute Gasteiger partial charge is 0.318 e. The Morgan fingerprint density at radius 1 is 1.68 bits per heavy atom. The van der Waals surface area contributed by atoms with Gasteiger partial charge in [0.1, 0.15) is 5.01 Å². The van der Waals surface area contributed by atoms with Crippen LogP contribution in [0, 0.1) is 12.8 Å². The number of urea groups is 1. The number of nitrogens with zero attached hydrogens (tertiary/aromatic N) is 2. The van der Waals surface area contributed by atoms with Crippen molar-refractivity contribution in [1.29, 1.82) is 0 Å². The van der Waals surface area contributed by atoms with E-state index in [0.29, 0.717) is 13.1 Å². The van der Waals surface area contributed by atoms with E-state index in [2.05, 4.69) is 10.3 Å². The lowest BCUT2D eigenvalue weighted by Gasteiger charge is -2.34. The zero-order valence-electron chi connectivity index (χ0n) is 11.6. The van der Waals surface area contributed by atoms with Crippen LogP contribution in [0.2, 0.25) is 0 Å².